The number of carbonyl (C=O) groups is 1. The fourth-order valence-corrected chi connectivity index (χ4v) is 2.00. The molecule has 0 heterocycles. The number of carboxylic acid groups (broad SMARTS) is 1. The Hall–Kier alpha value is -1.61. The van der Waals surface area contributed by atoms with Gasteiger partial charge in [0.05, 0.1) is 5.41 Å². The summed E-state index contributed by atoms with van der Waals surface area (Å²) in [4.78, 5) is 11.3. The summed E-state index contributed by atoms with van der Waals surface area (Å²) in [5.41, 5.74) is 6.64. The highest BCUT2D eigenvalue weighted by Gasteiger charge is 2.52. The highest BCUT2D eigenvalue weighted by molar-refractivity contribution is 5.86. The molecule has 3 heteroatoms. The van der Waals surface area contributed by atoms with Crippen LogP contribution in [0.15, 0.2) is 30.3 Å². The van der Waals surface area contributed by atoms with Crippen molar-refractivity contribution < 1.29 is 9.90 Å². The molecule has 1 aromatic rings. The van der Waals surface area contributed by atoms with E-state index in [1.54, 1.807) is 0 Å². The normalized spacial score (nSPS) is 17.6. The number of nitrogens with two attached hydrogens (primary N) is 1. The molecular weight excluding hydrogens is 202 g/mol. The highest BCUT2D eigenvalue weighted by Crippen LogP contribution is 2.49. The van der Waals surface area contributed by atoms with Crippen molar-refractivity contribution in [2.24, 2.45) is 5.73 Å². The summed E-state index contributed by atoms with van der Waals surface area (Å²) in [6.45, 7) is 0.467. The van der Waals surface area contributed by atoms with E-state index in [-0.39, 0.29) is 0 Å². The summed E-state index contributed by atoms with van der Waals surface area (Å²) in [5.74, 6) is -0.721. The average Bonchev–Trinajstić information content (AvgIpc) is 3.08. The van der Waals surface area contributed by atoms with Gasteiger partial charge in [-0.3, -0.25) is 4.79 Å². The molecule has 1 saturated carbocycles. The lowest BCUT2D eigenvalue weighted by Crippen LogP contribution is -2.20. The Morgan fingerprint density at radius 1 is 1.44 bits per heavy atom. The molecular formula is C13H15NO2. The largest absolute Gasteiger partial charge is 0.481 e. The van der Waals surface area contributed by atoms with Crippen molar-refractivity contribution in [2.45, 2.75) is 18.3 Å². The van der Waals surface area contributed by atoms with Crippen molar-refractivity contribution in [3.05, 3.63) is 41.5 Å². The lowest BCUT2D eigenvalue weighted by molar-refractivity contribution is -0.140. The van der Waals surface area contributed by atoms with E-state index in [4.69, 9.17) is 5.73 Å². The smallest absolute Gasteiger partial charge is 0.314 e. The SMILES string of the molecule is NCC=Cc1ccccc1C1(C(=O)O)CC1. The number of aliphatic carboxylic acids is 1. The van der Waals surface area contributed by atoms with Crippen LogP contribution < -0.4 is 5.73 Å². The average molecular weight is 217 g/mol. The summed E-state index contributed by atoms with van der Waals surface area (Å²) in [5, 5.41) is 9.26. The number of benzene rings is 1. The van der Waals surface area contributed by atoms with Crippen molar-refractivity contribution in [3.8, 4) is 0 Å². The summed E-state index contributed by atoms with van der Waals surface area (Å²) in [7, 11) is 0. The van der Waals surface area contributed by atoms with Crippen LogP contribution in [0.25, 0.3) is 6.08 Å². The maximum atomic E-state index is 11.3. The van der Waals surface area contributed by atoms with Gasteiger partial charge in [0.15, 0.2) is 0 Å². The molecule has 3 nitrogen and oxygen atoms in total. The molecule has 0 bridgehead atoms. The van der Waals surface area contributed by atoms with Gasteiger partial charge < -0.3 is 10.8 Å². The Morgan fingerprint density at radius 2 is 2.12 bits per heavy atom. The molecule has 1 aliphatic rings. The molecule has 0 unspecified atom stereocenters. The molecule has 1 aliphatic carbocycles. The molecule has 0 aliphatic heterocycles. The molecule has 0 atom stereocenters. The van der Waals surface area contributed by atoms with Crippen LogP contribution in [0, 0.1) is 0 Å². The lowest BCUT2D eigenvalue weighted by Gasteiger charge is -2.13. The maximum Gasteiger partial charge on any atom is 0.314 e. The topological polar surface area (TPSA) is 63.3 Å². The van der Waals surface area contributed by atoms with Gasteiger partial charge in [-0.15, -0.1) is 0 Å². The van der Waals surface area contributed by atoms with E-state index in [1.165, 1.54) is 0 Å². The number of hydrogen-bond acceptors (Lipinski definition) is 2. The highest BCUT2D eigenvalue weighted by atomic mass is 16.4. The molecule has 84 valence electrons. The summed E-state index contributed by atoms with van der Waals surface area (Å²) < 4.78 is 0. The predicted octanol–water partition coefficient (Wildman–Crippen LogP) is 1.77. The van der Waals surface area contributed by atoms with E-state index in [9.17, 15) is 9.90 Å². The minimum Gasteiger partial charge on any atom is -0.481 e. The summed E-state index contributed by atoms with van der Waals surface area (Å²) in [6, 6.07) is 7.64. The molecule has 1 aromatic carbocycles. The Morgan fingerprint density at radius 3 is 2.69 bits per heavy atom. The minimum absolute atomic E-state index is 0.467. The first-order valence-electron chi connectivity index (χ1n) is 5.40. The second kappa shape index (κ2) is 4.10. The Balaban J connectivity index is 2.41. The molecule has 16 heavy (non-hydrogen) atoms. The first kappa shape index (κ1) is 10.9. The third-order valence-electron chi connectivity index (χ3n) is 3.07. The Kier molecular flexibility index (Phi) is 2.79. The quantitative estimate of drug-likeness (QED) is 0.808. The Bertz CT molecular complexity index is 433. The maximum absolute atomic E-state index is 11.3. The van der Waals surface area contributed by atoms with E-state index in [1.807, 2.05) is 36.4 Å². The first-order chi connectivity index (χ1) is 7.70. The fraction of sp³-hybridized carbons (Fsp3) is 0.308. The predicted molar refractivity (Wildman–Crippen MR) is 63.1 cm³/mol. The van der Waals surface area contributed by atoms with Crippen LogP contribution >= 0.6 is 0 Å². The third kappa shape index (κ3) is 1.74. The van der Waals surface area contributed by atoms with E-state index in [0.29, 0.717) is 6.54 Å². The zero-order valence-corrected chi connectivity index (χ0v) is 9.02. The second-order valence-corrected chi connectivity index (χ2v) is 4.11. The first-order valence-corrected chi connectivity index (χ1v) is 5.40. The van der Waals surface area contributed by atoms with Crippen LogP contribution in [0.4, 0.5) is 0 Å². The molecule has 0 radical (unpaired) electrons. The van der Waals surface area contributed by atoms with E-state index >= 15 is 0 Å². The van der Waals surface area contributed by atoms with E-state index < -0.39 is 11.4 Å². The molecule has 0 spiro atoms. The van der Waals surface area contributed by atoms with Crippen LogP contribution in [0.2, 0.25) is 0 Å². The second-order valence-electron chi connectivity index (χ2n) is 4.11. The van der Waals surface area contributed by atoms with Crippen molar-refractivity contribution in [2.75, 3.05) is 6.54 Å². The lowest BCUT2D eigenvalue weighted by atomic mass is 9.91. The molecule has 0 aromatic heterocycles. The van der Waals surface area contributed by atoms with Crippen molar-refractivity contribution in [1.82, 2.24) is 0 Å². The zero-order chi connectivity index (χ0) is 11.6. The van der Waals surface area contributed by atoms with Crippen LogP contribution in [-0.2, 0) is 10.2 Å². The van der Waals surface area contributed by atoms with Crippen molar-refractivity contribution in [1.29, 1.82) is 0 Å². The summed E-state index contributed by atoms with van der Waals surface area (Å²) in [6.07, 6.45) is 5.21. The monoisotopic (exact) mass is 217 g/mol. The molecule has 1 fully saturated rings. The summed E-state index contributed by atoms with van der Waals surface area (Å²) >= 11 is 0. The standard InChI is InChI=1S/C13H15NO2/c14-9-3-5-10-4-1-2-6-11(10)13(7-8-13)12(15)16/h1-6H,7-9,14H2,(H,15,16). The van der Waals surface area contributed by atoms with Crippen molar-refractivity contribution in [3.63, 3.8) is 0 Å². The van der Waals surface area contributed by atoms with Crippen LogP contribution in [0.3, 0.4) is 0 Å². The number of hydrogen-bond donors (Lipinski definition) is 2. The van der Waals surface area contributed by atoms with E-state index in [0.717, 1.165) is 24.0 Å². The van der Waals surface area contributed by atoms with Gasteiger partial charge in [-0.25, -0.2) is 0 Å². The molecule has 0 amide bonds. The van der Waals surface area contributed by atoms with Gasteiger partial charge >= 0.3 is 5.97 Å². The number of rotatable bonds is 4. The zero-order valence-electron chi connectivity index (χ0n) is 9.02. The van der Waals surface area contributed by atoms with Gasteiger partial charge in [-0.1, -0.05) is 36.4 Å². The minimum atomic E-state index is -0.721. The van der Waals surface area contributed by atoms with Gasteiger partial charge in [0.1, 0.15) is 0 Å². The van der Waals surface area contributed by atoms with E-state index in [2.05, 4.69) is 0 Å². The third-order valence-corrected chi connectivity index (χ3v) is 3.07. The number of carboxylic acids is 1. The van der Waals surface area contributed by atoms with Crippen molar-refractivity contribution >= 4 is 12.0 Å². The Labute approximate surface area is 94.6 Å². The van der Waals surface area contributed by atoms with Gasteiger partial charge in [-0.2, -0.15) is 0 Å². The molecule has 3 N–H and O–H groups in total. The molecule has 0 saturated heterocycles. The van der Waals surface area contributed by atoms with Crippen LogP contribution in [-0.4, -0.2) is 17.6 Å². The van der Waals surface area contributed by atoms with Gasteiger partial charge in [0.2, 0.25) is 0 Å². The van der Waals surface area contributed by atoms with Crippen LogP contribution in [0.1, 0.15) is 24.0 Å². The van der Waals surface area contributed by atoms with Gasteiger partial charge in [0, 0.05) is 6.54 Å². The fourth-order valence-electron chi connectivity index (χ4n) is 2.00. The molecule has 2 rings (SSSR count). The van der Waals surface area contributed by atoms with Gasteiger partial charge in [-0.05, 0) is 24.0 Å². The van der Waals surface area contributed by atoms with Crippen LogP contribution in [0.5, 0.6) is 0 Å². The van der Waals surface area contributed by atoms with Gasteiger partial charge in [0.25, 0.3) is 0 Å².